The van der Waals surface area contributed by atoms with E-state index in [1.54, 1.807) is 6.92 Å². The third kappa shape index (κ3) is 4.85. The molecular formula is C12H23NO3S. The van der Waals surface area contributed by atoms with Gasteiger partial charge in [0.2, 0.25) is 5.91 Å². The first-order valence-electron chi connectivity index (χ1n) is 6.13. The average Bonchev–Trinajstić information content (AvgIpc) is 2.23. The molecule has 1 amide bonds. The summed E-state index contributed by atoms with van der Waals surface area (Å²) in [5.74, 6) is 0.579. The summed E-state index contributed by atoms with van der Waals surface area (Å²) in [6.07, 6.45) is -0.154. The van der Waals surface area contributed by atoms with Crippen LogP contribution < -0.4 is 0 Å². The molecule has 0 bridgehead atoms. The first-order valence-corrected chi connectivity index (χ1v) is 7.18. The predicted octanol–water partition coefficient (Wildman–Crippen LogP) is 1.12. The van der Waals surface area contributed by atoms with E-state index in [-0.39, 0.29) is 29.5 Å². The highest BCUT2D eigenvalue weighted by Gasteiger charge is 2.26. The summed E-state index contributed by atoms with van der Waals surface area (Å²) < 4.78 is 5.59. The summed E-state index contributed by atoms with van der Waals surface area (Å²) >= 11 is 1.51. The van der Waals surface area contributed by atoms with Gasteiger partial charge in [-0.15, -0.1) is 11.8 Å². The van der Waals surface area contributed by atoms with Gasteiger partial charge < -0.3 is 14.7 Å². The number of nitrogens with zero attached hydrogens (tertiary/aromatic N) is 1. The number of carbonyl (C=O) groups excluding carboxylic acids is 1. The average molecular weight is 261 g/mol. The second-order valence-electron chi connectivity index (χ2n) is 4.81. The molecule has 0 spiro atoms. The Bertz CT molecular complexity index is 250. The van der Waals surface area contributed by atoms with E-state index in [2.05, 4.69) is 0 Å². The summed E-state index contributed by atoms with van der Waals surface area (Å²) in [5, 5.41) is 9.45. The highest BCUT2D eigenvalue weighted by molar-refractivity contribution is 8.00. The van der Waals surface area contributed by atoms with Crippen molar-refractivity contribution in [1.29, 1.82) is 0 Å². The van der Waals surface area contributed by atoms with Crippen LogP contribution in [0.2, 0.25) is 0 Å². The van der Waals surface area contributed by atoms with Crippen LogP contribution in [0.3, 0.4) is 0 Å². The predicted molar refractivity (Wildman–Crippen MR) is 70.2 cm³/mol. The largest absolute Gasteiger partial charge is 0.392 e. The van der Waals surface area contributed by atoms with Gasteiger partial charge in [0.1, 0.15) is 0 Å². The maximum atomic E-state index is 12.0. The van der Waals surface area contributed by atoms with Crippen molar-refractivity contribution in [1.82, 2.24) is 4.90 Å². The van der Waals surface area contributed by atoms with Crippen molar-refractivity contribution < 1.29 is 14.6 Å². The topological polar surface area (TPSA) is 49.8 Å². The minimum Gasteiger partial charge on any atom is -0.392 e. The Balaban J connectivity index is 2.37. The minimum absolute atomic E-state index is 0.0924. The van der Waals surface area contributed by atoms with Crippen molar-refractivity contribution in [3.63, 3.8) is 0 Å². The van der Waals surface area contributed by atoms with Crippen molar-refractivity contribution in [3.8, 4) is 0 Å². The molecule has 0 aromatic rings. The van der Waals surface area contributed by atoms with Gasteiger partial charge in [-0.05, 0) is 20.8 Å². The number of thioether (sulfide) groups is 1. The van der Waals surface area contributed by atoms with E-state index in [1.165, 1.54) is 11.8 Å². The van der Waals surface area contributed by atoms with Gasteiger partial charge in [-0.2, -0.15) is 0 Å². The molecule has 17 heavy (non-hydrogen) atoms. The van der Waals surface area contributed by atoms with Gasteiger partial charge in [-0.1, -0.05) is 6.92 Å². The molecule has 1 aliphatic rings. The molecule has 4 unspecified atom stereocenters. The molecule has 1 rings (SSSR count). The summed E-state index contributed by atoms with van der Waals surface area (Å²) in [6.45, 7) is 9.01. The molecule has 1 fully saturated rings. The molecule has 100 valence electrons. The van der Waals surface area contributed by atoms with Crippen LogP contribution in [0.15, 0.2) is 0 Å². The fourth-order valence-corrected chi connectivity index (χ4v) is 2.68. The molecule has 0 aromatic heterocycles. The van der Waals surface area contributed by atoms with Crippen molar-refractivity contribution in [3.05, 3.63) is 0 Å². The molecule has 1 saturated heterocycles. The summed E-state index contributed by atoms with van der Waals surface area (Å²) in [6, 6.07) is 0. The lowest BCUT2D eigenvalue weighted by Crippen LogP contribution is -2.49. The van der Waals surface area contributed by atoms with Crippen LogP contribution in [-0.2, 0) is 9.53 Å². The number of ether oxygens (including phenoxy) is 1. The second kappa shape index (κ2) is 6.61. The summed E-state index contributed by atoms with van der Waals surface area (Å²) in [4.78, 5) is 13.8. The standard InChI is InChI=1S/C12H23NO3S/c1-8-5-13(6-9(2)16-8)12(15)7-17-11(4)10(3)14/h8-11,14H,5-7H2,1-4H3. The maximum absolute atomic E-state index is 12.0. The van der Waals surface area contributed by atoms with E-state index in [1.807, 2.05) is 25.7 Å². The zero-order valence-corrected chi connectivity index (χ0v) is 11.9. The third-order valence-corrected chi connectivity index (χ3v) is 4.25. The lowest BCUT2D eigenvalue weighted by atomic mass is 10.2. The van der Waals surface area contributed by atoms with E-state index in [0.717, 1.165) is 0 Å². The summed E-state index contributed by atoms with van der Waals surface area (Å²) in [5.41, 5.74) is 0. The lowest BCUT2D eigenvalue weighted by Gasteiger charge is -2.35. The Hall–Kier alpha value is -0.260. The second-order valence-corrected chi connectivity index (χ2v) is 6.18. The number of hydrogen-bond donors (Lipinski definition) is 1. The fourth-order valence-electron chi connectivity index (χ4n) is 1.81. The molecule has 1 N–H and O–H groups in total. The minimum atomic E-state index is -0.379. The normalized spacial score (nSPS) is 28.9. The Morgan fingerprint density at radius 3 is 2.41 bits per heavy atom. The molecule has 4 atom stereocenters. The van der Waals surface area contributed by atoms with Crippen LogP contribution >= 0.6 is 11.8 Å². The fraction of sp³-hybridized carbons (Fsp3) is 0.917. The monoisotopic (exact) mass is 261 g/mol. The van der Waals surface area contributed by atoms with E-state index in [0.29, 0.717) is 18.8 Å². The van der Waals surface area contributed by atoms with Crippen LogP contribution in [-0.4, -0.2) is 58.3 Å². The number of rotatable bonds is 4. The zero-order chi connectivity index (χ0) is 13.0. The zero-order valence-electron chi connectivity index (χ0n) is 11.0. The highest BCUT2D eigenvalue weighted by atomic mass is 32.2. The van der Waals surface area contributed by atoms with Gasteiger partial charge in [0.25, 0.3) is 0 Å². The molecule has 1 heterocycles. The lowest BCUT2D eigenvalue weighted by molar-refractivity contribution is -0.140. The highest BCUT2D eigenvalue weighted by Crippen LogP contribution is 2.17. The van der Waals surface area contributed by atoms with Gasteiger partial charge >= 0.3 is 0 Å². The third-order valence-electron chi connectivity index (χ3n) is 2.92. The van der Waals surface area contributed by atoms with Crippen LogP contribution in [0.5, 0.6) is 0 Å². The first kappa shape index (κ1) is 14.8. The van der Waals surface area contributed by atoms with E-state index in [4.69, 9.17) is 4.74 Å². The molecule has 0 aliphatic carbocycles. The van der Waals surface area contributed by atoms with Crippen LogP contribution in [0.1, 0.15) is 27.7 Å². The van der Waals surface area contributed by atoms with Gasteiger partial charge in [0.05, 0.1) is 24.1 Å². The Morgan fingerprint density at radius 2 is 1.94 bits per heavy atom. The van der Waals surface area contributed by atoms with E-state index in [9.17, 15) is 9.90 Å². The molecule has 0 saturated carbocycles. The van der Waals surface area contributed by atoms with Crippen molar-refractivity contribution in [2.75, 3.05) is 18.8 Å². The molecule has 5 heteroatoms. The summed E-state index contributed by atoms with van der Waals surface area (Å²) in [7, 11) is 0. The van der Waals surface area contributed by atoms with Crippen LogP contribution in [0.4, 0.5) is 0 Å². The Morgan fingerprint density at radius 1 is 1.41 bits per heavy atom. The van der Waals surface area contributed by atoms with Crippen molar-refractivity contribution >= 4 is 17.7 Å². The van der Waals surface area contributed by atoms with Crippen molar-refractivity contribution in [2.45, 2.75) is 51.3 Å². The molecule has 0 aromatic carbocycles. The van der Waals surface area contributed by atoms with Crippen molar-refractivity contribution in [2.24, 2.45) is 0 Å². The van der Waals surface area contributed by atoms with Gasteiger partial charge in [0, 0.05) is 18.3 Å². The quantitative estimate of drug-likeness (QED) is 0.824. The first-order chi connectivity index (χ1) is 7.90. The maximum Gasteiger partial charge on any atom is 0.232 e. The van der Waals surface area contributed by atoms with Gasteiger partial charge in [0.15, 0.2) is 0 Å². The number of carbonyl (C=O) groups is 1. The molecular weight excluding hydrogens is 238 g/mol. The molecule has 0 radical (unpaired) electrons. The number of morpholine rings is 1. The van der Waals surface area contributed by atoms with E-state index < -0.39 is 0 Å². The van der Waals surface area contributed by atoms with E-state index >= 15 is 0 Å². The Labute approximate surface area is 108 Å². The number of aliphatic hydroxyl groups is 1. The van der Waals surface area contributed by atoms with Gasteiger partial charge in [-0.25, -0.2) is 0 Å². The Kier molecular flexibility index (Phi) is 5.76. The number of aliphatic hydroxyl groups excluding tert-OH is 1. The van der Waals surface area contributed by atoms with Crippen LogP contribution in [0.25, 0.3) is 0 Å². The molecule has 1 aliphatic heterocycles. The SMILES string of the molecule is CC1CN(C(=O)CSC(C)C(C)O)CC(C)O1. The van der Waals surface area contributed by atoms with Crippen LogP contribution in [0, 0.1) is 0 Å². The smallest absolute Gasteiger partial charge is 0.232 e. The number of amides is 1. The van der Waals surface area contributed by atoms with Gasteiger partial charge in [-0.3, -0.25) is 4.79 Å². The number of hydrogen-bond acceptors (Lipinski definition) is 4. The molecule has 4 nitrogen and oxygen atoms in total.